The molecule has 0 amide bonds. The summed E-state index contributed by atoms with van der Waals surface area (Å²) < 4.78 is 3.84. The van der Waals surface area contributed by atoms with Crippen molar-refractivity contribution in [3.63, 3.8) is 0 Å². The van der Waals surface area contributed by atoms with Crippen molar-refractivity contribution >= 4 is 22.8 Å². The van der Waals surface area contributed by atoms with Crippen molar-refractivity contribution in [3.8, 4) is 0 Å². The van der Waals surface area contributed by atoms with Crippen LogP contribution in [-0.2, 0) is 8.83 Å². The zero-order valence-corrected chi connectivity index (χ0v) is 5.17. The van der Waals surface area contributed by atoms with Crippen LogP contribution in [0.2, 0.25) is 0 Å². The number of hydrogen-bond acceptors (Lipinski definition) is 3. The molecule has 0 saturated heterocycles. The average molecular weight is 106 g/mol. The van der Waals surface area contributed by atoms with E-state index >= 15 is 0 Å². The normalized spacial score (nSPS) is 7.33. The number of hydrogen-bond donors (Lipinski definition) is 1. The monoisotopic (exact) mass is 106 g/mol. The van der Waals surface area contributed by atoms with Crippen LogP contribution in [0.4, 0.5) is 4.79 Å². The van der Waals surface area contributed by atoms with E-state index in [0.29, 0.717) is 0 Å². The highest BCUT2D eigenvalue weighted by Crippen LogP contribution is 1.69. The van der Waals surface area contributed by atoms with Crippen LogP contribution in [0.1, 0.15) is 0 Å². The van der Waals surface area contributed by atoms with Crippen LogP contribution in [-0.4, -0.2) is 27.9 Å². The van der Waals surface area contributed by atoms with E-state index in [1.165, 1.54) is 0 Å². The molecule has 0 aromatic carbocycles. The second kappa shape index (κ2) is 2.97. The first-order chi connectivity index (χ1) is 2.77. The lowest BCUT2D eigenvalue weighted by atomic mass is 11.5. The van der Waals surface area contributed by atoms with Crippen molar-refractivity contribution in [2.24, 2.45) is 0 Å². The highest BCUT2D eigenvalue weighted by atomic mass is 27.1. The van der Waals surface area contributed by atoms with E-state index in [0.717, 1.165) is 0 Å². The molecule has 0 fully saturated rings. The second-order valence-electron chi connectivity index (χ2n) is 0.516. The van der Waals surface area contributed by atoms with Crippen molar-refractivity contribution in [2.45, 2.75) is 0 Å². The van der Waals surface area contributed by atoms with Crippen molar-refractivity contribution < 1.29 is 18.7 Å². The molecule has 0 aromatic heterocycles. The summed E-state index contributed by atoms with van der Waals surface area (Å²) >= 11 is 0.284. The van der Waals surface area contributed by atoms with E-state index < -0.39 is 6.16 Å². The van der Waals surface area contributed by atoms with Gasteiger partial charge < -0.3 is 9.05 Å². The summed E-state index contributed by atoms with van der Waals surface area (Å²) in [7, 11) is 0. The molecule has 0 unspecified atom stereocenters. The predicted molar refractivity (Wildman–Crippen MR) is 18.7 cm³/mol. The Bertz CT molecular complexity index is 51.5. The van der Waals surface area contributed by atoms with Gasteiger partial charge in [-0.1, -0.05) is 0 Å². The maximum Gasteiger partial charge on any atom is 0.535 e. The van der Waals surface area contributed by atoms with Crippen molar-refractivity contribution in [2.75, 3.05) is 0 Å². The number of rotatable bonds is 1. The van der Waals surface area contributed by atoms with Crippen LogP contribution in [0.3, 0.4) is 0 Å². The van der Waals surface area contributed by atoms with Crippen molar-refractivity contribution in [3.05, 3.63) is 0 Å². The summed E-state index contributed by atoms with van der Waals surface area (Å²) in [6, 6.07) is 0. The Hall–Kier alpha value is -0.238. The maximum absolute atomic E-state index is 9.27. The fraction of sp³-hybridized carbons (Fsp3) is 0. The van der Waals surface area contributed by atoms with E-state index in [1.54, 1.807) is 0 Å². The molecule has 0 bridgehead atoms. The van der Waals surface area contributed by atoms with Gasteiger partial charge >= 0.3 is 22.8 Å². The van der Waals surface area contributed by atoms with Gasteiger partial charge in [-0.2, -0.15) is 0 Å². The molecule has 0 aliphatic rings. The minimum atomic E-state index is -1.40. The second-order valence-corrected chi connectivity index (χ2v) is 0.849. The molecule has 0 heterocycles. The summed E-state index contributed by atoms with van der Waals surface area (Å²) in [5.41, 5.74) is 0. The third kappa shape index (κ3) is 3.76. The van der Waals surface area contributed by atoms with Gasteiger partial charge in [0.05, 0.1) is 0 Å². The molecule has 0 aliphatic carbocycles. The first kappa shape index (κ1) is 5.76. The van der Waals surface area contributed by atoms with E-state index in [2.05, 4.69) is 8.83 Å². The molecule has 0 spiro atoms. The molecule has 0 rings (SSSR count). The summed E-state index contributed by atoms with van der Waals surface area (Å²) in [6.07, 6.45) is -1.40. The lowest BCUT2D eigenvalue weighted by molar-refractivity contribution is -0.156. The van der Waals surface area contributed by atoms with Crippen LogP contribution >= 0.6 is 0 Å². The van der Waals surface area contributed by atoms with E-state index in [9.17, 15) is 4.79 Å². The third-order valence-electron chi connectivity index (χ3n) is 0.155. The zero-order chi connectivity index (χ0) is 4.99. The Morgan fingerprint density at radius 3 is 2.33 bits per heavy atom. The minimum Gasteiger partial charge on any atom is -0.448 e. The molecule has 0 atom stereocenters. The first-order valence-electron chi connectivity index (χ1n) is 1.21. The van der Waals surface area contributed by atoms with Gasteiger partial charge in [-0.15, -0.1) is 0 Å². The van der Waals surface area contributed by atoms with Crippen molar-refractivity contribution in [1.82, 2.24) is 0 Å². The van der Waals surface area contributed by atoms with Gasteiger partial charge in [0.15, 0.2) is 0 Å². The molecule has 1 N–H and O–H groups in total. The summed E-state index contributed by atoms with van der Waals surface area (Å²) in [4.78, 5) is 12.8. The molecule has 0 radical (unpaired) electrons. The van der Waals surface area contributed by atoms with E-state index in [1.807, 2.05) is 0 Å². The quantitative estimate of drug-likeness (QED) is 0.269. The topological polar surface area (TPSA) is 55.8 Å². The molecule has 5 heteroatoms. The summed E-state index contributed by atoms with van der Waals surface area (Å²) in [6.45, 7) is 0. The Balaban J connectivity index is 2.83. The Morgan fingerprint density at radius 2 is 2.33 bits per heavy atom. The molecular weight excluding hydrogens is 103 g/mol. The van der Waals surface area contributed by atoms with Crippen molar-refractivity contribution in [1.29, 1.82) is 0 Å². The van der Waals surface area contributed by atoms with Gasteiger partial charge in [0.2, 0.25) is 0 Å². The Labute approximate surface area is 42.4 Å². The highest BCUT2D eigenvalue weighted by molar-refractivity contribution is 5.97. The molecule has 0 saturated carbocycles. The van der Waals surface area contributed by atoms with Crippen LogP contribution in [0.5, 0.6) is 0 Å². The van der Waals surface area contributed by atoms with Gasteiger partial charge in [0, 0.05) is 0 Å². The van der Waals surface area contributed by atoms with Crippen LogP contribution in [0, 0.1) is 0 Å². The smallest absolute Gasteiger partial charge is 0.448 e. The standard InChI is InChI=1S/CH2O4.Al.2H/c2-1(3)5-4;;;/h4H,(H,2,3);;;/q;+1;;/p-1. The zero-order valence-electron chi connectivity index (χ0n) is 3.17. The van der Waals surface area contributed by atoms with Crippen LogP contribution in [0.25, 0.3) is 0 Å². The van der Waals surface area contributed by atoms with Crippen LogP contribution < -0.4 is 0 Å². The Kier molecular flexibility index (Phi) is 2.85. The summed E-state index contributed by atoms with van der Waals surface area (Å²) in [5.74, 6) is 0. The third-order valence-corrected chi connectivity index (χ3v) is 0.321. The van der Waals surface area contributed by atoms with Gasteiger partial charge in [-0.25, -0.2) is 4.79 Å². The van der Waals surface area contributed by atoms with Gasteiger partial charge in [-0.3, -0.25) is 4.89 Å². The minimum absolute atomic E-state index is 0.284. The lowest BCUT2D eigenvalue weighted by Gasteiger charge is -1.88. The molecular formula is CH3AlO4. The summed E-state index contributed by atoms with van der Waals surface area (Å²) in [5, 5.41) is 7.59. The predicted octanol–water partition coefficient (Wildman–Crippen LogP) is -0.839. The van der Waals surface area contributed by atoms with E-state index in [4.69, 9.17) is 5.11 Å². The molecule has 0 aromatic rings. The fourth-order valence-electron chi connectivity index (χ4n) is 0.0713. The lowest BCUT2D eigenvalue weighted by Crippen LogP contribution is -1.97. The van der Waals surface area contributed by atoms with Gasteiger partial charge in [0.25, 0.3) is 0 Å². The molecule has 4 nitrogen and oxygen atoms in total. The van der Waals surface area contributed by atoms with Gasteiger partial charge in [-0.05, 0) is 0 Å². The number of carboxylic acid groups (broad SMARTS) is 1. The van der Waals surface area contributed by atoms with Crippen LogP contribution in [0.15, 0.2) is 0 Å². The number of carbonyl (C=O) groups is 1. The van der Waals surface area contributed by atoms with E-state index in [-0.39, 0.29) is 16.6 Å². The average Bonchev–Trinajstić information content (AvgIpc) is 1.35. The first-order valence-corrected chi connectivity index (χ1v) is 2.02. The maximum atomic E-state index is 9.27. The fourth-order valence-corrected chi connectivity index (χ4v) is 0.214. The highest BCUT2D eigenvalue weighted by Gasteiger charge is 1.88. The SMILES string of the molecule is O=C(O)O[O][AlH2]. The Morgan fingerprint density at radius 1 is 1.83 bits per heavy atom. The largest absolute Gasteiger partial charge is 0.535 e. The molecule has 6 heavy (non-hydrogen) atoms. The van der Waals surface area contributed by atoms with Gasteiger partial charge in [0.1, 0.15) is 0 Å². The molecule has 34 valence electrons. The molecule has 0 aliphatic heterocycles.